The van der Waals surface area contributed by atoms with Crippen LogP contribution in [0.3, 0.4) is 0 Å². The normalized spacial score (nSPS) is 19.2. The van der Waals surface area contributed by atoms with Gasteiger partial charge in [0.15, 0.2) is 0 Å². The summed E-state index contributed by atoms with van der Waals surface area (Å²) in [5, 5.41) is 13.4. The highest BCUT2D eigenvalue weighted by Crippen LogP contribution is 2.44. The molecule has 5 heteroatoms. The molecule has 2 saturated heterocycles. The fourth-order valence-electron chi connectivity index (χ4n) is 5.66. The first-order valence-corrected chi connectivity index (χ1v) is 12.7. The number of amides is 1. The summed E-state index contributed by atoms with van der Waals surface area (Å²) >= 11 is 0. The van der Waals surface area contributed by atoms with E-state index < -0.39 is 17.7 Å². The van der Waals surface area contributed by atoms with Gasteiger partial charge in [-0.2, -0.15) is 0 Å². The maximum absolute atomic E-state index is 13.6. The van der Waals surface area contributed by atoms with Crippen LogP contribution in [0.4, 0.5) is 11.4 Å². The predicted molar refractivity (Wildman–Crippen MR) is 148 cm³/mol. The second kappa shape index (κ2) is 9.25. The van der Waals surface area contributed by atoms with Gasteiger partial charge in [-0.1, -0.05) is 66.7 Å². The Balaban J connectivity index is 1.53. The van der Waals surface area contributed by atoms with Gasteiger partial charge in [-0.3, -0.25) is 14.5 Å². The van der Waals surface area contributed by atoms with Crippen LogP contribution in [-0.4, -0.2) is 29.9 Å². The van der Waals surface area contributed by atoms with Crippen LogP contribution in [0, 0.1) is 6.92 Å². The van der Waals surface area contributed by atoms with Gasteiger partial charge in [0.05, 0.1) is 11.6 Å². The van der Waals surface area contributed by atoms with Crippen LogP contribution in [0.25, 0.3) is 16.5 Å². The lowest BCUT2D eigenvalue weighted by molar-refractivity contribution is -0.132. The van der Waals surface area contributed by atoms with Crippen LogP contribution < -0.4 is 9.80 Å². The summed E-state index contributed by atoms with van der Waals surface area (Å²) in [6, 6.07) is 28.1. The summed E-state index contributed by atoms with van der Waals surface area (Å²) in [5.74, 6) is -1.47. The number of nitrogens with zero attached hydrogens (tertiary/aromatic N) is 2. The van der Waals surface area contributed by atoms with E-state index in [1.54, 1.807) is 6.07 Å². The third-order valence-corrected chi connectivity index (χ3v) is 7.57. The van der Waals surface area contributed by atoms with Gasteiger partial charge in [0.2, 0.25) is 0 Å². The molecule has 6 rings (SSSR count). The monoisotopic (exact) mass is 488 g/mol. The van der Waals surface area contributed by atoms with E-state index in [-0.39, 0.29) is 11.3 Å². The maximum atomic E-state index is 13.6. The number of carbonyl (C=O) groups is 2. The fourth-order valence-corrected chi connectivity index (χ4v) is 5.66. The third kappa shape index (κ3) is 3.87. The highest BCUT2D eigenvalue weighted by atomic mass is 16.3. The van der Waals surface area contributed by atoms with Crippen molar-refractivity contribution in [3.63, 3.8) is 0 Å². The molecule has 0 saturated carbocycles. The number of fused-ring (bicyclic) bond motifs is 1. The van der Waals surface area contributed by atoms with Gasteiger partial charge in [-0.15, -0.1) is 0 Å². The number of rotatable bonds is 4. The van der Waals surface area contributed by atoms with Gasteiger partial charge in [0.1, 0.15) is 5.76 Å². The lowest BCUT2D eigenvalue weighted by Gasteiger charge is -2.27. The first-order chi connectivity index (χ1) is 18.0. The summed E-state index contributed by atoms with van der Waals surface area (Å²) in [6.45, 7) is 4.01. The van der Waals surface area contributed by atoms with Crippen molar-refractivity contribution in [2.75, 3.05) is 22.9 Å². The molecule has 184 valence electrons. The van der Waals surface area contributed by atoms with Crippen molar-refractivity contribution in [1.82, 2.24) is 0 Å². The topological polar surface area (TPSA) is 60.9 Å². The highest BCUT2D eigenvalue weighted by molar-refractivity contribution is 6.51. The Labute approximate surface area is 216 Å². The number of aliphatic hydroxyl groups excluding tert-OH is 1. The van der Waals surface area contributed by atoms with E-state index >= 15 is 0 Å². The van der Waals surface area contributed by atoms with Gasteiger partial charge in [0, 0.05) is 30.0 Å². The zero-order valence-electron chi connectivity index (χ0n) is 20.7. The molecular weight excluding hydrogens is 460 g/mol. The molecule has 0 aromatic heterocycles. The molecule has 4 aromatic rings. The second-order valence-corrected chi connectivity index (χ2v) is 9.76. The summed E-state index contributed by atoms with van der Waals surface area (Å²) in [4.78, 5) is 31.0. The number of carbonyl (C=O) groups excluding carboxylic acids is 2. The largest absolute Gasteiger partial charge is 0.507 e. The predicted octanol–water partition coefficient (Wildman–Crippen LogP) is 6.37. The van der Waals surface area contributed by atoms with E-state index in [1.165, 1.54) is 17.7 Å². The molecule has 2 aliphatic heterocycles. The number of anilines is 2. The highest BCUT2D eigenvalue weighted by Gasteiger charge is 2.47. The maximum Gasteiger partial charge on any atom is 0.300 e. The van der Waals surface area contributed by atoms with Crippen molar-refractivity contribution < 1.29 is 14.7 Å². The van der Waals surface area contributed by atoms with E-state index in [0.717, 1.165) is 40.7 Å². The lowest BCUT2D eigenvalue weighted by Crippen LogP contribution is -2.29. The molecule has 37 heavy (non-hydrogen) atoms. The fraction of sp³-hybridized carbons (Fsp3) is 0.188. The van der Waals surface area contributed by atoms with Crippen molar-refractivity contribution in [2.24, 2.45) is 0 Å². The van der Waals surface area contributed by atoms with Crippen LogP contribution >= 0.6 is 0 Å². The van der Waals surface area contributed by atoms with Gasteiger partial charge in [-0.05, 0) is 65.9 Å². The van der Waals surface area contributed by atoms with Gasteiger partial charge < -0.3 is 10.0 Å². The van der Waals surface area contributed by atoms with Crippen molar-refractivity contribution in [1.29, 1.82) is 0 Å². The standard InChI is InChI=1S/C32H28N2O3/c1-21-9-2-4-12-25(21)29-28(30(35)27-14-8-11-22-10-3-5-13-26(22)27)31(36)32(37)34(29)24-17-15-23(16-18-24)33-19-6-7-20-33/h2-5,8-18,29,35H,6-7,19-20H2,1H3/b30-28+. The Hall–Kier alpha value is -4.38. The molecule has 1 unspecified atom stereocenters. The second-order valence-electron chi connectivity index (χ2n) is 9.76. The molecule has 1 amide bonds. The first-order valence-electron chi connectivity index (χ1n) is 12.7. The molecule has 0 aliphatic carbocycles. The molecule has 5 nitrogen and oxygen atoms in total. The Kier molecular flexibility index (Phi) is 5.76. The first kappa shape index (κ1) is 23.0. The van der Waals surface area contributed by atoms with Crippen LogP contribution in [0.2, 0.25) is 0 Å². The van der Waals surface area contributed by atoms with E-state index in [4.69, 9.17) is 0 Å². The van der Waals surface area contributed by atoms with Crippen molar-refractivity contribution in [3.05, 3.63) is 113 Å². The average Bonchev–Trinajstić information content (AvgIpc) is 3.56. The Morgan fingerprint density at radius 1 is 0.784 bits per heavy atom. The lowest BCUT2D eigenvalue weighted by atomic mass is 9.91. The van der Waals surface area contributed by atoms with E-state index in [0.29, 0.717) is 11.3 Å². The van der Waals surface area contributed by atoms with Crippen molar-refractivity contribution in [3.8, 4) is 0 Å². The average molecular weight is 489 g/mol. The van der Waals surface area contributed by atoms with Gasteiger partial charge in [0.25, 0.3) is 11.7 Å². The van der Waals surface area contributed by atoms with E-state index in [9.17, 15) is 14.7 Å². The SMILES string of the molecule is Cc1ccccc1C1/C(=C(\O)c2cccc3ccccc23)C(=O)C(=O)N1c1ccc(N2CCCC2)cc1. The molecule has 2 aliphatic rings. The van der Waals surface area contributed by atoms with Gasteiger partial charge in [-0.25, -0.2) is 0 Å². The number of benzene rings is 4. The molecule has 1 N–H and O–H groups in total. The molecule has 0 spiro atoms. The number of hydrogen-bond acceptors (Lipinski definition) is 4. The summed E-state index contributed by atoms with van der Waals surface area (Å²) < 4.78 is 0. The van der Waals surface area contributed by atoms with Crippen LogP contribution in [-0.2, 0) is 9.59 Å². The van der Waals surface area contributed by atoms with Crippen molar-refractivity contribution >= 4 is 39.6 Å². The zero-order valence-corrected chi connectivity index (χ0v) is 20.7. The summed E-state index contributed by atoms with van der Waals surface area (Å²) in [7, 11) is 0. The third-order valence-electron chi connectivity index (χ3n) is 7.57. The molecule has 0 bridgehead atoms. The molecule has 0 radical (unpaired) electrons. The number of Topliss-reactive ketones (excluding diaryl/α,β-unsaturated/α-hetero) is 1. The van der Waals surface area contributed by atoms with Gasteiger partial charge >= 0.3 is 0 Å². The molecule has 2 heterocycles. The summed E-state index contributed by atoms with van der Waals surface area (Å²) in [5.41, 5.74) is 4.15. The Morgan fingerprint density at radius 2 is 1.43 bits per heavy atom. The number of aryl methyl sites for hydroxylation is 1. The van der Waals surface area contributed by atoms with Crippen LogP contribution in [0.5, 0.6) is 0 Å². The van der Waals surface area contributed by atoms with E-state index in [1.807, 2.05) is 91.9 Å². The van der Waals surface area contributed by atoms with Crippen LogP contribution in [0.15, 0.2) is 96.6 Å². The quantitative estimate of drug-likeness (QED) is 0.206. The minimum absolute atomic E-state index is 0.110. The molecule has 2 fully saturated rings. The number of hydrogen-bond donors (Lipinski definition) is 1. The molecular formula is C32H28N2O3. The smallest absolute Gasteiger partial charge is 0.300 e. The molecule has 4 aromatic carbocycles. The Bertz CT molecular complexity index is 1540. The van der Waals surface area contributed by atoms with E-state index in [2.05, 4.69) is 4.90 Å². The number of ketones is 1. The van der Waals surface area contributed by atoms with Crippen molar-refractivity contribution in [2.45, 2.75) is 25.8 Å². The molecule has 1 atom stereocenters. The van der Waals surface area contributed by atoms with Crippen LogP contribution in [0.1, 0.15) is 35.6 Å². The summed E-state index contributed by atoms with van der Waals surface area (Å²) in [6.07, 6.45) is 2.36. The minimum atomic E-state index is -0.738. The Morgan fingerprint density at radius 3 is 2.19 bits per heavy atom. The zero-order chi connectivity index (χ0) is 25.5. The minimum Gasteiger partial charge on any atom is -0.507 e. The number of aliphatic hydroxyl groups is 1.